The molecule has 1 aromatic carbocycles. The monoisotopic (exact) mass is 500 g/mol. The summed E-state index contributed by atoms with van der Waals surface area (Å²) in [5.41, 5.74) is 0.227. The van der Waals surface area contributed by atoms with E-state index in [2.05, 4.69) is 19.8 Å². The summed E-state index contributed by atoms with van der Waals surface area (Å²) >= 11 is 1.05. The summed E-state index contributed by atoms with van der Waals surface area (Å²) in [4.78, 5) is 13.7. The third-order valence-electron chi connectivity index (χ3n) is 6.68. The number of hydrogen-bond acceptors (Lipinski definition) is 5. The number of likely N-dealkylation sites (tertiary alicyclic amines) is 1. The van der Waals surface area contributed by atoms with Crippen LogP contribution < -0.4 is 4.90 Å². The molecule has 0 amide bonds. The second kappa shape index (κ2) is 8.37. The summed E-state index contributed by atoms with van der Waals surface area (Å²) in [6, 6.07) is 6.85. The van der Waals surface area contributed by atoms with E-state index in [1.807, 2.05) is 0 Å². The lowest BCUT2D eigenvalue weighted by molar-refractivity contribution is -0.137. The van der Waals surface area contributed by atoms with Crippen molar-refractivity contribution >= 4 is 27.4 Å². The van der Waals surface area contributed by atoms with Gasteiger partial charge in [-0.3, -0.25) is 4.90 Å². The van der Waals surface area contributed by atoms with Crippen LogP contribution >= 0.6 is 11.3 Å². The number of anilines is 1. The van der Waals surface area contributed by atoms with E-state index in [4.69, 9.17) is 0 Å². The molecular weight excluding hydrogens is 478 g/mol. The minimum Gasteiger partial charge on any atom is -0.355 e. The quantitative estimate of drug-likeness (QED) is 0.417. The van der Waals surface area contributed by atoms with Crippen LogP contribution in [0, 0.1) is 5.41 Å². The molecule has 1 spiro atoms. The first-order chi connectivity index (χ1) is 16.0. The second-order valence-electron chi connectivity index (χ2n) is 9.25. The summed E-state index contributed by atoms with van der Waals surface area (Å²) in [5.74, 6) is 0.674. The molecule has 2 saturated heterocycles. The fourth-order valence-corrected chi connectivity index (χ4v) is 6.12. The maximum absolute atomic E-state index is 12.8. The number of aromatic nitrogens is 2. The van der Waals surface area contributed by atoms with Crippen LogP contribution in [0.15, 0.2) is 36.7 Å². The van der Waals surface area contributed by atoms with Crippen molar-refractivity contribution in [2.75, 3.05) is 31.1 Å². The van der Waals surface area contributed by atoms with Gasteiger partial charge in [0.05, 0.1) is 17.4 Å². The molecule has 4 nitrogen and oxygen atoms in total. The van der Waals surface area contributed by atoms with Crippen molar-refractivity contribution in [1.82, 2.24) is 14.9 Å². The molecular formula is C23H22F6N4S. The Bertz CT molecular complexity index is 1170. The van der Waals surface area contributed by atoms with Crippen molar-refractivity contribution < 1.29 is 26.3 Å². The minimum absolute atomic E-state index is 0.0357. The Labute approximate surface area is 196 Å². The van der Waals surface area contributed by atoms with Gasteiger partial charge in [0.15, 0.2) is 0 Å². The number of nitrogens with zero attached hydrogens (tertiary/aromatic N) is 4. The lowest BCUT2D eigenvalue weighted by atomic mass is 9.86. The third kappa shape index (κ3) is 4.86. The summed E-state index contributed by atoms with van der Waals surface area (Å²) in [6.45, 7) is 3.75. The zero-order valence-corrected chi connectivity index (χ0v) is 18.9. The van der Waals surface area contributed by atoms with E-state index in [0.717, 1.165) is 68.1 Å². The van der Waals surface area contributed by atoms with Crippen LogP contribution in [0.5, 0.6) is 0 Å². The van der Waals surface area contributed by atoms with Crippen LogP contribution in [0.4, 0.5) is 32.2 Å². The van der Waals surface area contributed by atoms with Crippen molar-refractivity contribution in [3.8, 4) is 0 Å². The Morgan fingerprint density at radius 2 is 1.68 bits per heavy atom. The van der Waals surface area contributed by atoms with Crippen molar-refractivity contribution in [1.29, 1.82) is 0 Å². The number of rotatable bonds is 4. The fraction of sp³-hybridized carbons (Fsp3) is 0.478. The van der Waals surface area contributed by atoms with Crippen LogP contribution in [0.2, 0.25) is 0 Å². The highest BCUT2D eigenvalue weighted by Crippen LogP contribution is 2.43. The average Bonchev–Trinajstić information content (AvgIpc) is 3.45. The molecule has 2 fully saturated rings. The first kappa shape index (κ1) is 23.3. The van der Waals surface area contributed by atoms with E-state index in [1.165, 1.54) is 18.5 Å². The molecule has 11 heteroatoms. The molecule has 1 atom stereocenters. The van der Waals surface area contributed by atoms with Gasteiger partial charge in [-0.05, 0) is 43.1 Å². The Morgan fingerprint density at radius 1 is 0.941 bits per heavy atom. The van der Waals surface area contributed by atoms with Crippen LogP contribution in [0.3, 0.4) is 0 Å². The maximum Gasteiger partial charge on any atom is 0.416 e. The topological polar surface area (TPSA) is 32.3 Å². The van der Waals surface area contributed by atoms with E-state index < -0.39 is 24.3 Å². The Balaban J connectivity index is 1.27. The standard InChI is InChI=1S/C23H22F6N4S/c24-22(25,26)10-17-9-18-19(30-14-31-20(18)34-17)33-8-6-21(13-33)5-7-32(12-21)11-15-1-3-16(4-2-15)23(27,28)29/h1-4,9,14H,5-8,10-13H2. The number of hydrogen-bond donors (Lipinski definition) is 0. The predicted molar refractivity (Wildman–Crippen MR) is 118 cm³/mol. The zero-order chi connectivity index (χ0) is 24.1. The van der Waals surface area contributed by atoms with Gasteiger partial charge in [0.2, 0.25) is 0 Å². The largest absolute Gasteiger partial charge is 0.416 e. The number of halogens is 6. The van der Waals surface area contributed by atoms with E-state index in [9.17, 15) is 26.3 Å². The Kier molecular flexibility index (Phi) is 5.75. The molecule has 0 saturated carbocycles. The first-order valence-electron chi connectivity index (χ1n) is 10.9. The molecule has 2 aliphatic heterocycles. The van der Waals surface area contributed by atoms with Gasteiger partial charge >= 0.3 is 12.4 Å². The molecule has 182 valence electrons. The summed E-state index contributed by atoms with van der Waals surface area (Å²) in [5, 5.41) is 0.656. The maximum atomic E-state index is 12.8. The molecule has 0 bridgehead atoms. The molecule has 34 heavy (non-hydrogen) atoms. The zero-order valence-electron chi connectivity index (χ0n) is 18.1. The molecule has 5 rings (SSSR count). The second-order valence-corrected chi connectivity index (χ2v) is 10.4. The molecule has 0 radical (unpaired) electrons. The predicted octanol–water partition coefficient (Wildman–Crippen LogP) is 5.92. The smallest absolute Gasteiger partial charge is 0.355 e. The molecule has 1 unspecified atom stereocenters. The van der Waals surface area contributed by atoms with Crippen molar-refractivity contribution in [3.05, 3.63) is 52.7 Å². The van der Waals surface area contributed by atoms with Gasteiger partial charge in [0.1, 0.15) is 17.0 Å². The van der Waals surface area contributed by atoms with E-state index in [1.54, 1.807) is 6.07 Å². The number of alkyl halides is 6. The van der Waals surface area contributed by atoms with Gasteiger partial charge in [0, 0.05) is 36.5 Å². The summed E-state index contributed by atoms with van der Waals surface area (Å²) in [7, 11) is 0. The summed E-state index contributed by atoms with van der Waals surface area (Å²) in [6.07, 6.45) is -6.29. The van der Waals surface area contributed by atoms with E-state index >= 15 is 0 Å². The lowest BCUT2D eigenvalue weighted by Crippen LogP contribution is -2.31. The molecule has 0 N–H and O–H groups in total. The van der Waals surface area contributed by atoms with Crippen molar-refractivity contribution in [2.24, 2.45) is 5.41 Å². The molecule has 2 aliphatic rings. The average molecular weight is 501 g/mol. The van der Waals surface area contributed by atoms with Crippen LogP contribution in [-0.2, 0) is 19.1 Å². The van der Waals surface area contributed by atoms with Crippen LogP contribution in [0.1, 0.15) is 28.8 Å². The van der Waals surface area contributed by atoms with E-state index in [0.29, 0.717) is 22.6 Å². The highest BCUT2D eigenvalue weighted by atomic mass is 32.1. The fourth-order valence-electron chi connectivity index (χ4n) is 5.10. The van der Waals surface area contributed by atoms with Crippen molar-refractivity contribution in [3.63, 3.8) is 0 Å². The summed E-state index contributed by atoms with van der Waals surface area (Å²) < 4.78 is 76.9. The van der Waals surface area contributed by atoms with Gasteiger partial charge in [-0.15, -0.1) is 11.3 Å². The van der Waals surface area contributed by atoms with Gasteiger partial charge < -0.3 is 4.90 Å². The SMILES string of the molecule is FC(F)(F)Cc1cc2c(N3CCC4(CCN(Cc5ccc(C(F)(F)F)cc5)C4)C3)ncnc2s1. The molecule has 4 heterocycles. The molecule has 3 aromatic rings. The third-order valence-corrected chi connectivity index (χ3v) is 7.72. The van der Waals surface area contributed by atoms with Gasteiger partial charge in [0.25, 0.3) is 0 Å². The highest BCUT2D eigenvalue weighted by Gasteiger charge is 2.44. The molecule has 0 aliphatic carbocycles. The molecule has 2 aromatic heterocycles. The van der Waals surface area contributed by atoms with Crippen LogP contribution in [0.25, 0.3) is 10.2 Å². The highest BCUT2D eigenvalue weighted by molar-refractivity contribution is 7.18. The first-order valence-corrected chi connectivity index (χ1v) is 11.8. The van der Waals surface area contributed by atoms with Gasteiger partial charge in [-0.1, -0.05) is 12.1 Å². The number of fused-ring (bicyclic) bond motifs is 1. The number of thiophene rings is 1. The number of benzene rings is 1. The van der Waals surface area contributed by atoms with Gasteiger partial charge in [-0.2, -0.15) is 26.3 Å². The normalized spacial score (nSPS) is 21.9. The van der Waals surface area contributed by atoms with Crippen molar-refractivity contribution in [2.45, 2.75) is 38.2 Å². The van der Waals surface area contributed by atoms with Gasteiger partial charge in [-0.25, -0.2) is 9.97 Å². The van der Waals surface area contributed by atoms with E-state index in [-0.39, 0.29) is 10.3 Å². The Hall–Kier alpha value is -2.40. The minimum atomic E-state index is -4.34. The Morgan fingerprint density at radius 3 is 2.38 bits per heavy atom. The van der Waals surface area contributed by atoms with Crippen LogP contribution in [-0.4, -0.2) is 47.2 Å². The lowest BCUT2D eigenvalue weighted by Gasteiger charge is -2.25.